The lowest BCUT2D eigenvalue weighted by Gasteiger charge is -2.02. The molecule has 0 unspecified atom stereocenters. The molecule has 2 heterocycles. The molecule has 3 rings (SSSR count). The number of furan rings is 1. The number of carboxylic acids is 1. The van der Waals surface area contributed by atoms with Crippen LogP contribution in [0.5, 0.6) is 11.6 Å². The van der Waals surface area contributed by atoms with Crippen molar-refractivity contribution in [2.45, 2.75) is 0 Å². The van der Waals surface area contributed by atoms with E-state index in [0.29, 0.717) is 11.0 Å². The minimum absolute atomic E-state index is 0.0142. The van der Waals surface area contributed by atoms with Crippen LogP contribution in [-0.4, -0.2) is 21.0 Å². The van der Waals surface area contributed by atoms with E-state index in [4.69, 9.17) is 19.5 Å². The van der Waals surface area contributed by atoms with Gasteiger partial charge in [-0.15, -0.1) is 0 Å². The van der Waals surface area contributed by atoms with Gasteiger partial charge in [-0.05, 0) is 12.1 Å². The van der Waals surface area contributed by atoms with Gasteiger partial charge in [0.05, 0.1) is 17.8 Å². The minimum atomic E-state index is -1.18. The zero-order valence-electron chi connectivity index (χ0n) is 10.5. The average molecular weight is 281 g/mol. The summed E-state index contributed by atoms with van der Waals surface area (Å²) in [6.45, 7) is 0. The quantitative estimate of drug-likeness (QED) is 0.785. The highest BCUT2D eigenvalue weighted by Gasteiger charge is 2.17. The topological polar surface area (TPSA) is 109 Å². The summed E-state index contributed by atoms with van der Waals surface area (Å²) in [5.74, 6) is -0.866. The first-order valence-corrected chi connectivity index (χ1v) is 5.84. The van der Waals surface area contributed by atoms with E-state index in [1.807, 2.05) is 6.07 Å². The average Bonchev–Trinajstić information content (AvgIpc) is 2.86. The fourth-order valence-electron chi connectivity index (χ4n) is 1.78. The Morgan fingerprint density at radius 1 is 1.29 bits per heavy atom. The van der Waals surface area contributed by atoms with Crippen LogP contribution in [0.3, 0.4) is 0 Å². The molecule has 0 aliphatic heterocycles. The van der Waals surface area contributed by atoms with Crippen LogP contribution in [0.15, 0.2) is 41.1 Å². The molecule has 7 nitrogen and oxygen atoms in total. The number of hydrogen-bond donors (Lipinski definition) is 1. The predicted octanol–water partition coefficient (Wildman–Crippen LogP) is 2.58. The summed E-state index contributed by atoms with van der Waals surface area (Å²) < 4.78 is 10.9. The molecular formula is C14H7N3O4. The molecule has 0 bridgehead atoms. The Morgan fingerprint density at radius 2 is 2.10 bits per heavy atom. The fourth-order valence-corrected chi connectivity index (χ4v) is 1.78. The molecule has 0 amide bonds. The highest BCUT2D eigenvalue weighted by atomic mass is 16.5. The lowest BCUT2D eigenvalue weighted by molar-refractivity contribution is 0.0690. The van der Waals surface area contributed by atoms with Crippen molar-refractivity contribution in [3.8, 4) is 17.7 Å². The molecule has 0 radical (unpaired) electrons. The van der Waals surface area contributed by atoms with Gasteiger partial charge in [0.2, 0.25) is 11.6 Å². The molecule has 0 atom stereocenters. The van der Waals surface area contributed by atoms with Gasteiger partial charge in [0.1, 0.15) is 11.7 Å². The SMILES string of the molecule is N#Cc1oc2ccccc2c1Oc1cnc(C(=O)O)cn1. The number of fused-ring (bicyclic) bond motifs is 1. The first kappa shape index (κ1) is 12.6. The maximum absolute atomic E-state index is 10.7. The summed E-state index contributed by atoms with van der Waals surface area (Å²) in [5, 5.41) is 18.5. The first-order valence-electron chi connectivity index (χ1n) is 5.84. The molecule has 3 aromatic rings. The largest absolute Gasteiger partial charge is 0.476 e. The smallest absolute Gasteiger partial charge is 0.356 e. The third-order valence-corrected chi connectivity index (χ3v) is 2.71. The Morgan fingerprint density at radius 3 is 2.76 bits per heavy atom. The number of ether oxygens (including phenoxy) is 1. The molecule has 1 N–H and O–H groups in total. The summed E-state index contributed by atoms with van der Waals surface area (Å²) in [6.07, 6.45) is 2.25. The molecule has 7 heteroatoms. The number of carbonyl (C=O) groups is 1. The summed E-state index contributed by atoms with van der Waals surface area (Å²) in [7, 11) is 0. The van der Waals surface area contributed by atoms with Gasteiger partial charge in [-0.3, -0.25) is 0 Å². The maximum atomic E-state index is 10.7. The van der Waals surface area contributed by atoms with Gasteiger partial charge in [-0.25, -0.2) is 14.8 Å². The molecule has 102 valence electrons. The number of carboxylic acid groups (broad SMARTS) is 1. The second kappa shape index (κ2) is 4.94. The van der Waals surface area contributed by atoms with E-state index in [2.05, 4.69) is 9.97 Å². The lowest BCUT2D eigenvalue weighted by Crippen LogP contribution is -2.01. The second-order valence-electron chi connectivity index (χ2n) is 4.02. The zero-order chi connectivity index (χ0) is 14.8. The number of rotatable bonds is 3. The van der Waals surface area contributed by atoms with Crippen molar-refractivity contribution < 1.29 is 19.1 Å². The van der Waals surface area contributed by atoms with Crippen molar-refractivity contribution in [3.05, 3.63) is 48.1 Å². The number of hydrogen-bond acceptors (Lipinski definition) is 6. The molecule has 0 aliphatic carbocycles. The van der Waals surface area contributed by atoms with Gasteiger partial charge in [0, 0.05) is 0 Å². The second-order valence-corrected chi connectivity index (χ2v) is 4.02. The van der Waals surface area contributed by atoms with Crippen LogP contribution in [0.1, 0.15) is 16.2 Å². The molecule has 0 fully saturated rings. The summed E-state index contributed by atoms with van der Waals surface area (Å²) >= 11 is 0. The van der Waals surface area contributed by atoms with Crippen LogP contribution in [0, 0.1) is 11.3 Å². The summed E-state index contributed by atoms with van der Waals surface area (Å²) in [4.78, 5) is 18.2. The number of para-hydroxylation sites is 1. The highest BCUT2D eigenvalue weighted by Crippen LogP contribution is 2.34. The number of aromatic carboxylic acids is 1. The Hall–Kier alpha value is -3.40. The standard InChI is InChI=1S/C14H7N3O4/c15-5-11-13(8-3-1-2-4-10(8)20-11)21-12-7-16-9(6-17-12)14(18)19/h1-4,6-7H,(H,18,19). The Kier molecular flexibility index (Phi) is 2.97. The molecule has 1 aromatic carbocycles. The molecule has 0 spiro atoms. The van der Waals surface area contributed by atoms with Gasteiger partial charge >= 0.3 is 5.97 Å². The van der Waals surface area contributed by atoms with Crippen LogP contribution in [0.25, 0.3) is 11.0 Å². The molecule has 0 saturated heterocycles. The maximum Gasteiger partial charge on any atom is 0.356 e. The zero-order valence-corrected chi connectivity index (χ0v) is 10.5. The van der Waals surface area contributed by atoms with E-state index in [1.165, 1.54) is 6.20 Å². The first-order chi connectivity index (χ1) is 10.2. The van der Waals surface area contributed by atoms with Crippen LogP contribution in [0.2, 0.25) is 0 Å². The van der Waals surface area contributed by atoms with Crippen LogP contribution >= 0.6 is 0 Å². The Labute approximate surface area is 118 Å². The Balaban J connectivity index is 2.01. The van der Waals surface area contributed by atoms with E-state index >= 15 is 0 Å². The van der Waals surface area contributed by atoms with E-state index in [1.54, 1.807) is 24.3 Å². The van der Waals surface area contributed by atoms with Crippen molar-refractivity contribution in [3.63, 3.8) is 0 Å². The Bertz CT molecular complexity index is 862. The van der Waals surface area contributed by atoms with Crippen LogP contribution in [0.4, 0.5) is 0 Å². The summed E-state index contributed by atoms with van der Waals surface area (Å²) in [5.41, 5.74) is 0.319. The van der Waals surface area contributed by atoms with Crippen molar-refractivity contribution in [1.29, 1.82) is 5.26 Å². The predicted molar refractivity (Wildman–Crippen MR) is 70.0 cm³/mol. The minimum Gasteiger partial charge on any atom is -0.476 e. The van der Waals surface area contributed by atoms with Crippen molar-refractivity contribution in [2.75, 3.05) is 0 Å². The highest BCUT2D eigenvalue weighted by molar-refractivity contribution is 5.87. The number of nitriles is 1. The molecule has 0 saturated carbocycles. The van der Waals surface area contributed by atoms with Crippen LogP contribution < -0.4 is 4.74 Å². The van der Waals surface area contributed by atoms with Crippen molar-refractivity contribution >= 4 is 16.9 Å². The van der Waals surface area contributed by atoms with Gasteiger partial charge in [-0.2, -0.15) is 5.26 Å². The van der Waals surface area contributed by atoms with E-state index in [0.717, 1.165) is 6.20 Å². The van der Waals surface area contributed by atoms with E-state index in [-0.39, 0.29) is 23.1 Å². The molecule has 21 heavy (non-hydrogen) atoms. The molecular weight excluding hydrogens is 274 g/mol. The lowest BCUT2D eigenvalue weighted by atomic mass is 10.2. The fraction of sp³-hybridized carbons (Fsp3) is 0. The van der Waals surface area contributed by atoms with Gasteiger partial charge in [-0.1, -0.05) is 12.1 Å². The van der Waals surface area contributed by atoms with Gasteiger partial charge in [0.15, 0.2) is 11.4 Å². The van der Waals surface area contributed by atoms with Gasteiger partial charge in [0.25, 0.3) is 0 Å². The van der Waals surface area contributed by atoms with Crippen molar-refractivity contribution in [2.24, 2.45) is 0 Å². The summed E-state index contributed by atoms with van der Waals surface area (Å²) in [6, 6.07) is 8.91. The monoisotopic (exact) mass is 281 g/mol. The number of aromatic nitrogens is 2. The molecule has 0 aliphatic rings. The van der Waals surface area contributed by atoms with E-state index < -0.39 is 5.97 Å². The molecule has 2 aromatic heterocycles. The third-order valence-electron chi connectivity index (χ3n) is 2.71. The van der Waals surface area contributed by atoms with Crippen molar-refractivity contribution in [1.82, 2.24) is 9.97 Å². The van der Waals surface area contributed by atoms with Gasteiger partial charge < -0.3 is 14.3 Å². The number of benzene rings is 1. The number of nitrogens with zero attached hydrogens (tertiary/aromatic N) is 3. The van der Waals surface area contributed by atoms with Crippen LogP contribution in [-0.2, 0) is 0 Å². The normalized spacial score (nSPS) is 10.2. The van der Waals surface area contributed by atoms with E-state index in [9.17, 15) is 4.79 Å². The third kappa shape index (κ3) is 2.26.